The number of H-pyrrole nitrogens is 1. The number of fused-ring (bicyclic) bond motifs is 3. The first-order valence-electron chi connectivity index (χ1n) is 8.49. The van der Waals surface area contributed by atoms with E-state index in [1.165, 1.54) is 6.07 Å². The first-order chi connectivity index (χ1) is 12.7. The van der Waals surface area contributed by atoms with Gasteiger partial charge in [0.15, 0.2) is 11.5 Å². The molecule has 0 amide bonds. The number of aromatic amines is 1. The molecule has 26 heavy (non-hydrogen) atoms. The second-order valence-electron chi connectivity index (χ2n) is 6.29. The summed E-state index contributed by atoms with van der Waals surface area (Å²) in [5.74, 6) is 1.73. The van der Waals surface area contributed by atoms with E-state index in [9.17, 15) is 4.39 Å². The lowest BCUT2D eigenvalue weighted by Gasteiger charge is -2.27. The Bertz CT molecular complexity index is 967. The van der Waals surface area contributed by atoms with Crippen LogP contribution in [0.1, 0.15) is 22.9 Å². The predicted octanol–water partition coefficient (Wildman–Crippen LogP) is 3.57. The minimum atomic E-state index is -0.224. The van der Waals surface area contributed by atoms with Crippen LogP contribution >= 0.6 is 0 Å². The van der Waals surface area contributed by atoms with E-state index in [0.717, 1.165) is 40.7 Å². The minimum absolute atomic E-state index is 0.107. The lowest BCUT2D eigenvalue weighted by atomic mass is 9.93. The molecule has 0 saturated carbocycles. The van der Waals surface area contributed by atoms with Gasteiger partial charge in [0.25, 0.3) is 0 Å². The van der Waals surface area contributed by atoms with Gasteiger partial charge < -0.3 is 24.5 Å². The molecule has 4 rings (SSSR count). The number of hydrogen-bond donors (Lipinski definition) is 2. The normalized spacial score (nSPS) is 16.4. The van der Waals surface area contributed by atoms with Crippen molar-refractivity contribution in [2.75, 3.05) is 27.9 Å². The maximum atomic E-state index is 13.7. The highest BCUT2D eigenvalue weighted by Crippen LogP contribution is 2.42. The van der Waals surface area contributed by atoms with Gasteiger partial charge in [-0.2, -0.15) is 0 Å². The lowest BCUT2D eigenvalue weighted by molar-refractivity contribution is 0.345. The molecule has 0 saturated heterocycles. The molecule has 5 nitrogen and oxygen atoms in total. The Kier molecular flexibility index (Phi) is 4.20. The topological polar surface area (TPSA) is 55.5 Å². The van der Waals surface area contributed by atoms with Gasteiger partial charge >= 0.3 is 0 Å². The standard InChI is InChI=1S/C20H21FN2O3/c1-24-16-10-18(26-3)17(25-2)9-14(16)19-20-12(6-7-22-19)13-8-11(21)4-5-15(13)23-20/h4-5,8-10,19,22-23H,6-7H2,1-3H3. The number of rotatable bonds is 4. The van der Waals surface area contributed by atoms with Crippen LogP contribution in [0.2, 0.25) is 0 Å². The van der Waals surface area contributed by atoms with Gasteiger partial charge in [0.05, 0.1) is 27.4 Å². The van der Waals surface area contributed by atoms with Crippen LogP contribution in [-0.4, -0.2) is 32.9 Å². The van der Waals surface area contributed by atoms with E-state index in [1.807, 2.05) is 12.1 Å². The molecule has 6 heteroatoms. The first-order valence-corrected chi connectivity index (χ1v) is 8.49. The van der Waals surface area contributed by atoms with Crippen molar-refractivity contribution in [2.24, 2.45) is 0 Å². The van der Waals surface area contributed by atoms with Crippen LogP contribution in [0.4, 0.5) is 4.39 Å². The molecule has 1 aliphatic heterocycles. The van der Waals surface area contributed by atoms with Gasteiger partial charge in [-0.15, -0.1) is 0 Å². The molecule has 2 heterocycles. The Balaban J connectivity index is 1.89. The number of methoxy groups -OCH3 is 3. The fraction of sp³-hybridized carbons (Fsp3) is 0.300. The molecular weight excluding hydrogens is 335 g/mol. The van der Waals surface area contributed by atoms with E-state index in [-0.39, 0.29) is 11.9 Å². The van der Waals surface area contributed by atoms with Gasteiger partial charge in [-0.1, -0.05) is 0 Å². The average Bonchev–Trinajstić information content (AvgIpc) is 3.04. The first kappa shape index (κ1) is 16.7. The minimum Gasteiger partial charge on any atom is -0.496 e. The fourth-order valence-electron chi connectivity index (χ4n) is 3.74. The zero-order valence-corrected chi connectivity index (χ0v) is 15.0. The summed E-state index contributed by atoms with van der Waals surface area (Å²) in [6.45, 7) is 0.790. The summed E-state index contributed by atoms with van der Waals surface area (Å²) < 4.78 is 30.2. The quantitative estimate of drug-likeness (QED) is 0.750. The van der Waals surface area contributed by atoms with Crippen molar-refractivity contribution in [1.82, 2.24) is 10.3 Å². The van der Waals surface area contributed by atoms with Gasteiger partial charge in [0, 0.05) is 34.8 Å². The van der Waals surface area contributed by atoms with E-state index in [1.54, 1.807) is 33.5 Å². The Morgan fingerprint density at radius 2 is 1.69 bits per heavy atom. The van der Waals surface area contributed by atoms with Crippen LogP contribution in [-0.2, 0) is 6.42 Å². The summed E-state index contributed by atoms with van der Waals surface area (Å²) >= 11 is 0. The maximum absolute atomic E-state index is 13.7. The monoisotopic (exact) mass is 356 g/mol. The molecule has 0 spiro atoms. The third kappa shape index (κ3) is 2.57. The van der Waals surface area contributed by atoms with E-state index < -0.39 is 0 Å². The molecule has 3 aromatic rings. The zero-order valence-electron chi connectivity index (χ0n) is 15.0. The molecule has 0 fully saturated rings. The molecule has 1 unspecified atom stereocenters. The van der Waals surface area contributed by atoms with Gasteiger partial charge in [0.1, 0.15) is 11.6 Å². The number of nitrogens with one attached hydrogen (secondary N) is 2. The van der Waals surface area contributed by atoms with Crippen molar-refractivity contribution in [3.8, 4) is 17.2 Å². The molecule has 0 aliphatic carbocycles. The van der Waals surface area contributed by atoms with Crippen LogP contribution < -0.4 is 19.5 Å². The largest absolute Gasteiger partial charge is 0.496 e. The number of ether oxygens (including phenoxy) is 3. The highest BCUT2D eigenvalue weighted by atomic mass is 19.1. The highest BCUT2D eigenvalue weighted by molar-refractivity contribution is 5.85. The fourth-order valence-corrected chi connectivity index (χ4v) is 3.74. The Hall–Kier alpha value is -2.73. The van der Waals surface area contributed by atoms with Gasteiger partial charge in [-0.3, -0.25) is 0 Å². The second kappa shape index (κ2) is 6.53. The Morgan fingerprint density at radius 1 is 0.962 bits per heavy atom. The molecule has 1 atom stereocenters. The summed E-state index contributed by atoms with van der Waals surface area (Å²) in [5, 5.41) is 4.47. The predicted molar refractivity (Wildman–Crippen MR) is 97.9 cm³/mol. The molecule has 136 valence electrons. The maximum Gasteiger partial charge on any atom is 0.164 e. The molecule has 1 aliphatic rings. The van der Waals surface area contributed by atoms with Crippen LogP contribution in [0.5, 0.6) is 17.2 Å². The van der Waals surface area contributed by atoms with E-state index in [4.69, 9.17) is 14.2 Å². The number of aromatic nitrogens is 1. The summed E-state index contributed by atoms with van der Waals surface area (Å²) in [6, 6.07) is 8.50. The van der Waals surface area contributed by atoms with Crippen LogP contribution in [0.15, 0.2) is 30.3 Å². The summed E-state index contributed by atoms with van der Waals surface area (Å²) in [7, 11) is 4.84. The second-order valence-corrected chi connectivity index (χ2v) is 6.29. The van der Waals surface area contributed by atoms with E-state index >= 15 is 0 Å². The molecule has 0 radical (unpaired) electrons. The van der Waals surface area contributed by atoms with Gasteiger partial charge in [-0.25, -0.2) is 4.39 Å². The van der Waals surface area contributed by atoms with Crippen molar-refractivity contribution in [2.45, 2.75) is 12.5 Å². The SMILES string of the molecule is COc1cc(OC)c(C2NCCc3c2[nH]c2ccc(F)cc32)cc1OC. The molecule has 2 N–H and O–H groups in total. The van der Waals surface area contributed by atoms with Crippen molar-refractivity contribution in [1.29, 1.82) is 0 Å². The van der Waals surface area contributed by atoms with Crippen molar-refractivity contribution in [3.63, 3.8) is 0 Å². The average molecular weight is 356 g/mol. The van der Waals surface area contributed by atoms with Gasteiger partial charge in [0.2, 0.25) is 0 Å². The molecule has 0 bridgehead atoms. The van der Waals surface area contributed by atoms with Crippen LogP contribution in [0.25, 0.3) is 10.9 Å². The number of benzene rings is 2. The summed E-state index contributed by atoms with van der Waals surface area (Å²) in [5.41, 5.74) is 4.05. The van der Waals surface area contributed by atoms with E-state index in [2.05, 4.69) is 10.3 Å². The van der Waals surface area contributed by atoms with Gasteiger partial charge in [-0.05, 0) is 36.2 Å². The molecular formula is C20H21FN2O3. The van der Waals surface area contributed by atoms with Crippen molar-refractivity contribution in [3.05, 3.63) is 53.0 Å². The summed E-state index contributed by atoms with van der Waals surface area (Å²) in [6.07, 6.45) is 0.838. The Labute approximate surface area is 151 Å². The molecule has 2 aromatic carbocycles. The lowest BCUT2D eigenvalue weighted by Crippen LogP contribution is -2.30. The van der Waals surface area contributed by atoms with Crippen LogP contribution in [0.3, 0.4) is 0 Å². The third-order valence-electron chi connectivity index (χ3n) is 4.96. The van der Waals surface area contributed by atoms with Crippen molar-refractivity contribution >= 4 is 10.9 Å². The Morgan fingerprint density at radius 3 is 2.42 bits per heavy atom. The third-order valence-corrected chi connectivity index (χ3v) is 4.96. The molecule has 1 aromatic heterocycles. The smallest absolute Gasteiger partial charge is 0.164 e. The van der Waals surface area contributed by atoms with Crippen LogP contribution in [0, 0.1) is 5.82 Å². The van der Waals surface area contributed by atoms with Crippen molar-refractivity contribution < 1.29 is 18.6 Å². The number of halogens is 1. The summed E-state index contributed by atoms with van der Waals surface area (Å²) in [4.78, 5) is 3.45. The zero-order chi connectivity index (χ0) is 18.3. The van der Waals surface area contributed by atoms with E-state index in [0.29, 0.717) is 17.2 Å². The number of hydrogen-bond acceptors (Lipinski definition) is 4. The highest BCUT2D eigenvalue weighted by Gasteiger charge is 2.28.